The van der Waals surface area contributed by atoms with E-state index >= 15 is 0 Å². The van der Waals surface area contributed by atoms with Crippen molar-refractivity contribution < 1.29 is 0 Å². The molecule has 0 unspecified atom stereocenters. The van der Waals surface area contributed by atoms with E-state index in [1.54, 1.807) is 0 Å². The molecule has 54 heavy (non-hydrogen) atoms. The fourth-order valence-corrected chi connectivity index (χ4v) is 10.3. The van der Waals surface area contributed by atoms with Crippen molar-refractivity contribution in [1.29, 1.82) is 0 Å². The van der Waals surface area contributed by atoms with E-state index in [1.807, 2.05) is 0 Å². The molecule has 13 aromatic carbocycles. The van der Waals surface area contributed by atoms with Crippen LogP contribution in [-0.4, -0.2) is 0 Å². The van der Waals surface area contributed by atoms with E-state index in [0.29, 0.717) is 0 Å². The minimum absolute atomic E-state index is 1.24. The van der Waals surface area contributed by atoms with Gasteiger partial charge in [0, 0.05) is 0 Å². The van der Waals surface area contributed by atoms with Gasteiger partial charge in [-0.05, 0) is 149 Å². The van der Waals surface area contributed by atoms with Gasteiger partial charge in [0.25, 0.3) is 0 Å². The Kier molecular flexibility index (Phi) is 5.45. The van der Waals surface area contributed by atoms with Gasteiger partial charge in [0.15, 0.2) is 0 Å². The van der Waals surface area contributed by atoms with Gasteiger partial charge in [0.1, 0.15) is 0 Å². The zero-order valence-electron chi connectivity index (χ0n) is 29.3. The molecular weight excluding hydrogens is 649 g/mol. The molecule has 246 valence electrons. The topological polar surface area (TPSA) is 0 Å². The Morgan fingerprint density at radius 2 is 0.778 bits per heavy atom. The Morgan fingerprint density at radius 3 is 1.56 bits per heavy atom. The lowest BCUT2D eigenvalue weighted by Gasteiger charge is -2.19. The highest BCUT2D eigenvalue weighted by Crippen LogP contribution is 2.56. The van der Waals surface area contributed by atoms with Crippen molar-refractivity contribution in [3.63, 3.8) is 0 Å². The predicted octanol–water partition coefficient (Wildman–Crippen LogP) is 15.4. The molecule has 0 nitrogen and oxygen atoms in total. The summed E-state index contributed by atoms with van der Waals surface area (Å²) in [6.07, 6.45) is 0. The fourth-order valence-electron chi connectivity index (χ4n) is 10.3. The summed E-state index contributed by atoms with van der Waals surface area (Å²) in [5, 5.41) is 24.0. The van der Waals surface area contributed by atoms with Gasteiger partial charge in [-0.15, -0.1) is 0 Å². The second kappa shape index (κ2) is 10.3. The molecule has 0 N–H and O–H groups in total. The molecule has 0 saturated carbocycles. The summed E-state index contributed by atoms with van der Waals surface area (Å²) < 4.78 is 0. The van der Waals surface area contributed by atoms with E-state index in [0.717, 1.165) is 0 Å². The van der Waals surface area contributed by atoms with Crippen LogP contribution in [0.3, 0.4) is 0 Å². The average Bonchev–Trinajstić information content (AvgIpc) is 3.74. The molecule has 0 fully saturated rings. The maximum atomic E-state index is 2.55. The minimum atomic E-state index is 1.24. The van der Waals surface area contributed by atoms with Gasteiger partial charge < -0.3 is 0 Å². The Labute approximate surface area is 311 Å². The second-order valence-electron chi connectivity index (χ2n) is 15.1. The lowest BCUT2D eigenvalue weighted by Crippen LogP contribution is -1.91. The number of hydrogen-bond acceptors (Lipinski definition) is 0. The van der Waals surface area contributed by atoms with E-state index in [4.69, 9.17) is 0 Å². The third kappa shape index (κ3) is 3.58. The van der Waals surface area contributed by atoms with Crippen LogP contribution in [0.5, 0.6) is 0 Å². The standard InChI is InChI=1S/C54H30/c1-4-12-31(13-5-1)36-25-26-38-39-20-11-21-40-50(39)43(42(38)28-36)30-45-47(32-14-6-2-7-15-32)54-44-29-37-19-10-18-34-22-23-35-24-27-41(52(44)48(35)46(34)37)53(54)49(51(40)45)33-16-8-3-9-17-33/h1-30H. The molecule has 0 aliphatic carbocycles. The molecule has 0 radical (unpaired) electrons. The monoisotopic (exact) mass is 678 g/mol. The SMILES string of the molecule is c1ccc(-c2ccc3c(c2)c2cc4c(-c5ccccc5)c5c6cc7cccc8ccc9ccc(c5c(-c5ccccc5)c4c4cccc3c24)c6c9c87)cc1. The van der Waals surface area contributed by atoms with Crippen molar-refractivity contribution in [3.05, 3.63) is 182 Å². The van der Waals surface area contributed by atoms with Crippen LogP contribution < -0.4 is 0 Å². The van der Waals surface area contributed by atoms with Crippen LogP contribution in [0.1, 0.15) is 0 Å². The van der Waals surface area contributed by atoms with Crippen molar-refractivity contribution in [2.75, 3.05) is 0 Å². The molecule has 0 aromatic heterocycles. The molecule has 0 bridgehead atoms. The Bertz CT molecular complexity index is 3620. The molecule has 0 aliphatic heterocycles. The quantitative estimate of drug-likeness (QED) is 0.163. The Balaban J connectivity index is 1.34. The Morgan fingerprint density at radius 1 is 0.185 bits per heavy atom. The van der Waals surface area contributed by atoms with Crippen molar-refractivity contribution in [1.82, 2.24) is 0 Å². The average molecular weight is 679 g/mol. The number of rotatable bonds is 3. The Hall–Kier alpha value is -7.02. The first-order valence-corrected chi connectivity index (χ1v) is 18.9. The van der Waals surface area contributed by atoms with Crippen molar-refractivity contribution in [2.45, 2.75) is 0 Å². The largest absolute Gasteiger partial charge is 0.0622 e. The lowest BCUT2D eigenvalue weighted by atomic mass is 9.84. The summed E-state index contributed by atoms with van der Waals surface area (Å²) in [6, 6.07) is 68.4. The molecular formula is C54H30. The molecule has 0 atom stereocenters. The van der Waals surface area contributed by atoms with E-state index in [-0.39, 0.29) is 0 Å². The van der Waals surface area contributed by atoms with Crippen LogP contribution in [0.4, 0.5) is 0 Å². The summed E-state index contributed by atoms with van der Waals surface area (Å²) in [5.74, 6) is 0. The highest BCUT2D eigenvalue weighted by Gasteiger charge is 2.27. The zero-order valence-corrected chi connectivity index (χ0v) is 29.3. The molecule has 0 amide bonds. The highest BCUT2D eigenvalue weighted by molar-refractivity contribution is 6.47. The van der Waals surface area contributed by atoms with E-state index in [2.05, 4.69) is 182 Å². The lowest BCUT2D eigenvalue weighted by molar-refractivity contribution is 1.66. The first-order valence-electron chi connectivity index (χ1n) is 18.9. The molecule has 0 aliphatic rings. The van der Waals surface area contributed by atoms with Crippen molar-refractivity contribution >= 4 is 97.0 Å². The number of benzene rings is 11. The highest BCUT2D eigenvalue weighted by atomic mass is 14.3. The maximum absolute atomic E-state index is 2.55. The zero-order chi connectivity index (χ0) is 35.1. The van der Waals surface area contributed by atoms with Crippen LogP contribution in [0.25, 0.3) is 130 Å². The van der Waals surface area contributed by atoms with Crippen molar-refractivity contribution in [3.8, 4) is 33.4 Å². The van der Waals surface area contributed by atoms with Gasteiger partial charge in [-0.25, -0.2) is 0 Å². The third-order valence-electron chi connectivity index (χ3n) is 12.4. The van der Waals surface area contributed by atoms with Crippen LogP contribution in [0.15, 0.2) is 182 Å². The predicted molar refractivity (Wildman–Crippen MR) is 234 cm³/mol. The number of fused-ring (bicyclic) bond motifs is 8. The van der Waals surface area contributed by atoms with E-state index < -0.39 is 0 Å². The van der Waals surface area contributed by atoms with Crippen LogP contribution in [0.2, 0.25) is 0 Å². The summed E-state index contributed by atoms with van der Waals surface area (Å²) in [6.45, 7) is 0. The summed E-state index contributed by atoms with van der Waals surface area (Å²) >= 11 is 0. The van der Waals surface area contributed by atoms with Gasteiger partial charge in [0.05, 0.1) is 0 Å². The van der Waals surface area contributed by atoms with Crippen molar-refractivity contribution in [2.24, 2.45) is 0 Å². The molecule has 0 saturated heterocycles. The molecule has 0 heterocycles. The van der Waals surface area contributed by atoms with Gasteiger partial charge in [-0.3, -0.25) is 0 Å². The number of hydrogen-bond donors (Lipinski definition) is 0. The minimum Gasteiger partial charge on any atom is -0.0622 e. The molecule has 13 aromatic rings. The van der Waals surface area contributed by atoms with Crippen LogP contribution in [-0.2, 0) is 0 Å². The van der Waals surface area contributed by atoms with Crippen LogP contribution in [0, 0.1) is 0 Å². The summed E-state index contributed by atoms with van der Waals surface area (Å²) in [7, 11) is 0. The van der Waals surface area contributed by atoms with E-state index in [1.165, 1.54) is 130 Å². The van der Waals surface area contributed by atoms with E-state index in [9.17, 15) is 0 Å². The molecule has 13 rings (SSSR count). The summed E-state index contributed by atoms with van der Waals surface area (Å²) in [4.78, 5) is 0. The maximum Gasteiger partial charge on any atom is -0.000718 e. The second-order valence-corrected chi connectivity index (χ2v) is 15.1. The summed E-state index contributed by atoms with van der Waals surface area (Å²) in [5.41, 5.74) is 7.64. The fraction of sp³-hybridized carbons (Fsp3) is 0. The van der Waals surface area contributed by atoms with Gasteiger partial charge in [0.2, 0.25) is 0 Å². The first kappa shape index (κ1) is 28.6. The normalized spacial score (nSPS) is 12.4. The smallest absolute Gasteiger partial charge is 0.000718 e. The molecule has 0 spiro atoms. The van der Waals surface area contributed by atoms with Gasteiger partial charge in [-0.2, -0.15) is 0 Å². The van der Waals surface area contributed by atoms with Gasteiger partial charge >= 0.3 is 0 Å². The molecule has 0 heteroatoms. The third-order valence-corrected chi connectivity index (χ3v) is 12.4. The van der Waals surface area contributed by atoms with Gasteiger partial charge in [-0.1, -0.05) is 164 Å². The van der Waals surface area contributed by atoms with Crippen LogP contribution >= 0.6 is 0 Å². The first-order chi connectivity index (χ1) is 26.8.